The molecule has 0 amide bonds. The maximum Gasteiger partial charge on any atom is 0.00170 e. The molecule has 0 saturated heterocycles. The van der Waals surface area contributed by atoms with Crippen molar-refractivity contribution in [2.24, 2.45) is 5.92 Å². The summed E-state index contributed by atoms with van der Waals surface area (Å²) in [6.45, 7) is 8.99. The maximum absolute atomic E-state index is 3.47. The number of rotatable bonds is 6. The third kappa shape index (κ3) is 4.25. The van der Waals surface area contributed by atoms with E-state index in [4.69, 9.17) is 0 Å². The van der Waals surface area contributed by atoms with Gasteiger partial charge in [0.05, 0.1) is 0 Å². The zero-order valence-electron chi connectivity index (χ0n) is 9.47. The second-order valence-corrected chi connectivity index (χ2v) is 5.19. The molecular weight excluding hydrogens is 190 g/mol. The van der Waals surface area contributed by atoms with E-state index in [2.05, 4.69) is 37.5 Å². The predicted octanol–water partition coefficient (Wildman–Crippen LogP) is 3.23. The Labute approximate surface area is 91.5 Å². The van der Waals surface area contributed by atoms with Gasteiger partial charge in [0.1, 0.15) is 0 Å². The maximum atomic E-state index is 3.47. The summed E-state index contributed by atoms with van der Waals surface area (Å²) >= 11 is 1.85. The molecule has 0 aliphatic heterocycles. The molecule has 1 aromatic heterocycles. The van der Waals surface area contributed by atoms with Crippen LogP contribution in [0.4, 0.5) is 0 Å². The van der Waals surface area contributed by atoms with E-state index in [0.29, 0.717) is 0 Å². The normalized spacial score (nSPS) is 13.1. The van der Waals surface area contributed by atoms with Crippen LogP contribution >= 0.6 is 11.3 Å². The summed E-state index contributed by atoms with van der Waals surface area (Å²) in [6.07, 6.45) is 2.44. The van der Waals surface area contributed by atoms with Gasteiger partial charge in [-0.05, 0) is 55.8 Å². The molecule has 0 bridgehead atoms. The van der Waals surface area contributed by atoms with Crippen LogP contribution in [-0.2, 0) is 6.42 Å². The van der Waals surface area contributed by atoms with Gasteiger partial charge in [0.2, 0.25) is 0 Å². The lowest BCUT2D eigenvalue weighted by atomic mass is 10.0. The van der Waals surface area contributed by atoms with Crippen LogP contribution in [0.3, 0.4) is 0 Å². The van der Waals surface area contributed by atoms with Crippen molar-refractivity contribution in [1.29, 1.82) is 0 Å². The molecule has 1 aromatic rings. The average molecular weight is 211 g/mol. The number of aryl methyl sites for hydroxylation is 1. The Morgan fingerprint density at radius 1 is 1.50 bits per heavy atom. The number of nitrogens with one attached hydrogen (secondary N) is 1. The lowest BCUT2D eigenvalue weighted by molar-refractivity contribution is 0.511. The van der Waals surface area contributed by atoms with Crippen LogP contribution in [0.5, 0.6) is 0 Å². The van der Waals surface area contributed by atoms with Crippen molar-refractivity contribution < 1.29 is 0 Å². The highest BCUT2D eigenvalue weighted by atomic mass is 32.1. The minimum Gasteiger partial charge on any atom is -0.316 e. The quantitative estimate of drug-likeness (QED) is 0.712. The number of thiophene rings is 1. The van der Waals surface area contributed by atoms with Crippen LogP contribution < -0.4 is 5.32 Å². The molecule has 0 spiro atoms. The zero-order chi connectivity index (χ0) is 10.4. The van der Waals surface area contributed by atoms with E-state index in [1.165, 1.54) is 23.3 Å². The molecule has 0 saturated carbocycles. The highest BCUT2D eigenvalue weighted by molar-refractivity contribution is 7.10. The van der Waals surface area contributed by atoms with Gasteiger partial charge in [0.25, 0.3) is 0 Å². The topological polar surface area (TPSA) is 12.0 Å². The first-order valence-corrected chi connectivity index (χ1v) is 6.35. The van der Waals surface area contributed by atoms with E-state index in [-0.39, 0.29) is 0 Å². The fourth-order valence-electron chi connectivity index (χ4n) is 1.60. The minimum atomic E-state index is 0.746. The molecule has 1 heterocycles. The van der Waals surface area contributed by atoms with Crippen molar-refractivity contribution in [2.75, 3.05) is 13.1 Å². The molecular formula is C12H21NS. The van der Waals surface area contributed by atoms with Crippen molar-refractivity contribution in [3.8, 4) is 0 Å². The summed E-state index contributed by atoms with van der Waals surface area (Å²) in [6, 6.07) is 2.31. The van der Waals surface area contributed by atoms with E-state index in [1.807, 2.05) is 11.3 Å². The Balaban J connectivity index is 2.23. The molecule has 1 nitrogen and oxygen atoms in total. The third-order valence-corrected chi connectivity index (χ3v) is 3.20. The van der Waals surface area contributed by atoms with E-state index >= 15 is 0 Å². The summed E-state index contributed by atoms with van der Waals surface area (Å²) < 4.78 is 0. The van der Waals surface area contributed by atoms with E-state index in [9.17, 15) is 0 Å². The molecule has 0 fully saturated rings. The summed E-state index contributed by atoms with van der Waals surface area (Å²) in [7, 11) is 0. The van der Waals surface area contributed by atoms with Gasteiger partial charge in [-0.2, -0.15) is 0 Å². The van der Waals surface area contributed by atoms with Gasteiger partial charge in [0.15, 0.2) is 0 Å². The van der Waals surface area contributed by atoms with Crippen LogP contribution in [0.15, 0.2) is 11.4 Å². The van der Waals surface area contributed by atoms with E-state index < -0.39 is 0 Å². The minimum absolute atomic E-state index is 0.746. The summed E-state index contributed by atoms with van der Waals surface area (Å²) in [5, 5.41) is 5.75. The SMILES string of the molecule is CCCNCC(C)Cc1csc(C)c1. The fourth-order valence-corrected chi connectivity index (χ4v) is 2.33. The van der Waals surface area contributed by atoms with E-state index in [0.717, 1.165) is 19.0 Å². The predicted molar refractivity (Wildman–Crippen MR) is 65.1 cm³/mol. The number of hydrogen-bond donors (Lipinski definition) is 1. The molecule has 1 atom stereocenters. The van der Waals surface area contributed by atoms with Crippen molar-refractivity contribution in [1.82, 2.24) is 5.32 Å². The average Bonchev–Trinajstić information content (AvgIpc) is 2.52. The van der Waals surface area contributed by atoms with Gasteiger partial charge in [0, 0.05) is 4.88 Å². The first-order valence-electron chi connectivity index (χ1n) is 5.47. The molecule has 0 aromatic carbocycles. The molecule has 1 rings (SSSR count). The Morgan fingerprint density at radius 2 is 2.29 bits per heavy atom. The molecule has 1 N–H and O–H groups in total. The Morgan fingerprint density at radius 3 is 2.86 bits per heavy atom. The standard InChI is InChI=1S/C12H21NS/c1-4-5-13-8-10(2)6-12-7-11(3)14-9-12/h7,9-10,13H,4-6,8H2,1-3H3. The Hall–Kier alpha value is -0.340. The summed E-state index contributed by atoms with van der Waals surface area (Å²) in [5.74, 6) is 0.746. The van der Waals surface area contributed by atoms with Crippen molar-refractivity contribution in [3.63, 3.8) is 0 Å². The van der Waals surface area contributed by atoms with Crippen LogP contribution in [0.1, 0.15) is 30.7 Å². The molecule has 1 unspecified atom stereocenters. The Bertz CT molecular complexity index is 255. The fraction of sp³-hybridized carbons (Fsp3) is 0.667. The van der Waals surface area contributed by atoms with Crippen LogP contribution in [0.25, 0.3) is 0 Å². The molecule has 14 heavy (non-hydrogen) atoms. The van der Waals surface area contributed by atoms with Gasteiger partial charge in [-0.25, -0.2) is 0 Å². The van der Waals surface area contributed by atoms with Gasteiger partial charge in [-0.15, -0.1) is 11.3 Å². The smallest absolute Gasteiger partial charge is 0.00170 e. The second-order valence-electron chi connectivity index (χ2n) is 4.08. The second kappa shape index (κ2) is 6.20. The van der Waals surface area contributed by atoms with Crippen LogP contribution in [0.2, 0.25) is 0 Å². The van der Waals surface area contributed by atoms with Crippen molar-refractivity contribution in [3.05, 3.63) is 21.9 Å². The lowest BCUT2D eigenvalue weighted by Gasteiger charge is -2.10. The number of hydrogen-bond acceptors (Lipinski definition) is 2. The van der Waals surface area contributed by atoms with Gasteiger partial charge >= 0.3 is 0 Å². The highest BCUT2D eigenvalue weighted by Gasteiger charge is 2.04. The first kappa shape index (κ1) is 11.7. The molecule has 80 valence electrons. The van der Waals surface area contributed by atoms with Crippen molar-refractivity contribution in [2.45, 2.75) is 33.6 Å². The van der Waals surface area contributed by atoms with Gasteiger partial charge in [-0.3, -0.25) is 0 Å². The molecule has 0 aliphatic rings. The largest absolute Gasteiger partial charge is 0.316 e. The molecule has 2 heteroatoms. The van der Waals surface area contributed by atoms with Gasteiger partial charge in [-0.1, -0.05) is 13.8 Å². The molecule has 0 aliphatic carbocycles. The lowest BCUT2D eigenvalue weighted by Crippen LogP contribution is -2.22. The van der Waals surface area contributed by atoms with Crippen LogP contribution in [-0.4, -0.2) is 13.1 Å². The van der Waals surface area contributed by atoms with Crippen molar-refractivity contribution >= 4 is 11.3 Å². The third-order valence-electron chi connectivity index (χ3n) is 2.29. The zero-order valence-corrected chi connectivity index (χ0v) is 10.3. The van der Waals surface area contributed by atoms with E-state index in [1.54, 1.807) is 0 Å². The summed E-state index contributed by atoms with van der Waals surface area (Å²) in [5.41, 5.74) is 1.50. The monoisotopic (exact) mass is 211 g/mol. The first-order chi connectivity index (χ1) is 6.72. The summed E-state index contributed by atoms with van der Waals surface area (Å²) in [4.78, 5) is 1.42. The van der Waals surface area contributed by atoms with Crippen LogP contribution in [0, 0.1) is 12.8 Å². The Kier molecular flexibility index (Phi) is 5.20. The van der Waals surface area contributed by atoms with Gasteiger partial charge < -0.3 is 5.32 Å². The molecule has 0 radical (unpaired) electrons. The highest BCUT2D eigenvalue weighted by Crippen LogP contribution is 2.16.